The van der Waals surface area contributed by atoms with E-state index in [2.05, 4.69) is 0 Å². The Morgan fingerprint density at radius 3 is 2.80 bits per heavy atom. The van der Waals surface area contributed by atoms with Gasteiger partial charge in [0.2, 0.25) is 0 Å². The molecular weight excluding hydrogens is 216 g/mol. The van der Waals surface area contributed by atoms with Crippen LogP contribution in [0.25, 0.3) is 0 Å². The van der Waals surface area contributed by atoms with Crippen molar-refractivity contribution in [2.45, 2.75) is 19.6 Å². The lowest BCUT2D eigenvalue weighted by molar-refractivity contribution is -0.123. The third-order valence-electron chi connectivity index (χ3n) is 1.96. The predicted octanol–water partition coefficient (Wildman–Crippen LogP) is 1.05. The Morgan fingerprint density at radius 2 is 2.27 bits per heavy atom. The van der Waals surface area contributed by atoms with Gasteiger partial charge >= 0.3 is 0 Å². The smallest absolute Gasteiger partial charge is 0.258 e. The molecule has 0 heterocycles. The average molecular weight is 229 g/mol. The summed E-state index contributed by atoms with van der Waals surface area (Å²) < 4.78 is 5.34. The lowest BCUT2D eigenvalue weighted by Crippen LogP contribution is -2.31. The van der Waals surface area contributed by atoms with Gasteiger partial charge < -0.3 is 16.2 Å². The Balaban J connectivity index is 2.97. The average Bonchev–Trinajstić information content (AvgIpc) is 2.20. The highest BCUT2D eigenvalue weighted by Gasteiger charge is 2.14. The molecular formula is C10H13ClN2O2. The molecule has 0 saturated carbocycles. The van der Waals surface area contributed by atoms with Gasteiger partial charge in [-0.25, -0.2) is 0 Å². The number of halogens is 1. The van der Waals surface area contributed by atoms with Gasteiger partial charge in [0.1, 0.15) is 5.75 Å². The summed E-state index contributed by atoms with van der Waals surface area (Å²) in [6.07, 6.45) is -0.727. The van der Waals surface area contributed by atoms with Crippen LogP contribution >= 0.6 is 11.6 Å². The third kappa shape index (κ3) is 2.84. The molecule has 4 N–H and O–H groups in total. The fourth-order valence-corrected chi connectivity index (χ4v) is 1.32. The van der Waals surface area contributed by atoms with E-state index in [9.17, 15) is 4.79 Å². The zero-order valence-electron chi connectivity index (χ0n) is 8.37. The molecule has 1 aromatic rings. The Kier molecular flexibility index (Phi) is 3.94. The summed E-state index contributed by atoms with van der Waals surface area (Å²) in [5.41, 5.74) is 11.3. The van der Waals surface area contributed by atoms with Crippen molar-refractivity contribution in [3.05, 3.63) is 28.8 Å². The fraction of sp³-hybridized carbons (Fsp3) is 0.300. The van der Waals surface area contributed by atoms with Crippen LogP contribution in [0.1, 0.15) is 12.5 Å². The highest BCUT2D eigenvalue weighted by atomic mass is 35.5. The van der Waals surface area contributed by atoms with E-state index in [0.717, 1.165) is 5.56 Å². The number of carbonyl (C=O) groups excluding carboxylic acids is 1. The van der Waals surface area contributed by atoms with Gasteiger partial charge in [0, 0.05) is 12.1 Å². The predicted molar refractivity (Wildman–Crippen MR) is 58.6 cm³/mol. The van der Waals surface area contributed by atoms with Crippen molar-refractivity contribution in [1.82, 2.24) is 0 Å². The van der Waals surface area contributed by atoms with Crippen molar-refractivity contribution in [2.75, 3.05) is 0 Å². The van der Waals surface area contributed by atoms with Crippen molar-refractivity contribution >= 4 is 17.5 Å². The number of rotatable bonds is 4. The number of hydrogen-bond donors (Lipinski definition) is 2. The summed E-state index contributed by atoms with van der Waals surface area (Å²) in [4.78, 5) is 10.8. The normalized spacial score (nSPS) is 12.2. The molecule has 82 valence electrons. The van der Waals surface area contributed by atoms with Crippen LogP contribution in [0.4, 0.5) is 0 Å². The first-order valence-corrected chi connectivity index (χ1v) is 4.87. The van der Waals surface area contributed by atoms with Crippen LogP contribution in [-0.4, -0.2) is 12.0 Å². The zero-order valence-corrected chi connectivity index (χ0v) is 9.12. The minimum Gasteiger partial charge on any atom is -0.479 e. The summed E-state index contributed by atoms with van der Waals surface area (Å²) in [6.45, 7) is 1.85. The first-order valence-electron chi connectivity index (χ1n) is 4.49. The van der Waals surface area contributed by atoms with E-state index in [-0.39, 0.29) is 0 Å². The second-order valence-corrected chi connectivity index (χ2v) is 3.50. The molecule has 1 rings (SSSR count). The van der Waals surface area contributed by atoms with Crippen LogP contribution in [0.3, 0.4) is 0 Å². The van der Waals surface area contributed by atoms with Gasteiger partial charge in [-0.05, 0) is 13.0 Å². The van der Waals surface area contributed by atoms with E-state index in [1.54, 1.807) is 25.1 Å². The molecule has 1 aromatic carbocycles. The van der Waals surface area contributed by atoms with Crippen LogP contribution in [0, 0.1) is 0 Å². The Labute approximate surface area is 93.1 Å². The first-order chi connectivity index (χ1) is 7.06. The summed E-state index contributed by atoms with van der Waals surface area (Å²) in [5.74, 6) is -0.120. The minimum absolute atomic E-state index is 0.293. The van der Waals surface area contributed by atoms with Gasteiger partial charge in [0.25, 0.3) is 5.91 Å². The van der Waals surface area contributed by atoms with Crippen LogP contribution in [0.15, 0.2) is 18.2 Å². The number of benzene rings is 1. The molecule has 0 aliphatic heterocycles. The van der Waals surface area contributed by atoms with Crippen molar-refractivity contribution < 1.29 is 9.53 Å². The number of carbonyl (C=O) groups is 1. The van der Waals surface area contributed by atoms with Crippen LogP contribution in [0.5, 0.6) is 5.75 Å². The standard InChI is InChI=1S/C10H13ClN2O2/c1-6(10(13)14)15-9-7(5-12)3-2-4-8(9)11/h2-4,6H,5,12H2,1H3,(H2,13,14). The molecule has 5 heteroatoms. The Hall–Kier alpha value is -1.26. The minimum atomic E-state index is -0.727. The van der Waals surface area contributed by atoms with E-state index in [4.69, 9.17) is 27.8 Å². The second kappa shape index (κ2) is 5.00. The molecule has 0 radical (unpaired) electrons. The molecule has 15 heavy (non-hydrogen) atoms. The zero-order chi connectivity index (χ0) is 11.4. The van der Waals surface area contributed by atoms with Crippen LogP contribution in [0.2, 0.25) is 5.02 Å². The maximum absolute atomic E-state index is 10.8. The summed E-state index contributed by atoms with van der Waals surface area (Å²) in [6, 6.07) is 5.23. The molecule has 4 nitrogen and oxygen atoms in total. The van der Waals surface area contributed by atoms with Crippen molar-refractivity contribution in [3.8, 4) is 5.75 Å². The summed E-state index contributed by atoms with van der Waals surface area (Å²) in [5, 5.41) is 0.422. The van der Waals surface area contributed by atoms with Gasteiger partial charge in [0.05, 0.1) is 5.02 Å². The van der Waals surface area contributed by atoms with E-state index in [1.165, 1.54) is 0 Å². The lowest BCUT2D eigenvalue weighted by Gasteiger charge is -2.15. The number of hydrogen-bond acceptors (Lipinski definition) is 3. The molecule has 0 saturated heterocycles. The molecule has 0 fully saturated rings. The molecule has 0 spiro atoms. The lowest BCUT2D eigenvalue weighted by atomic mass is 10.2. The van der Waals surface area contributed by atoms with Crippen LogP contribution < -0.4 is 16.2 Å². The third-order valence-corrected chi connectivity index (χ3v) is 2.26. The number of para-hydroxylation sites is 1. The maximum Gasteiger partial charge on any atom is 0.258 e. The molecule has 1 unspecified atom stereocenters. The first kappa shape index (κ1) is 11.8. The summed E-state index contributed by atoms with van der Waals surface area (Å²) >= 11 is 5.92. The van der Waals surface area contributed by atoms with Crippen LogP contribution in [-0.2, 0) is 11.3 Å². The molecule has 0 bridgehead atoms. The van der Waals surface area contributed by atoms with Gasteiger partial charge in [-0.3, -0.25) is 4.79 Å². The number of ether oxygens (including phenoxy) is 1. The monoisotopic (exact) mass is 228 g/mol. The SMILES string of the molecule is CC(Oc1c(Cl)cccc1CN)C(N)=O. The van der Waals surface area contributed by atoms with E-state index in [0.29, 0.717) is 17.3 Å². The molecule has 0 aromatic heterocycles. The topological polar surface area (TPSA) is 78.3 Å². The van der Waals surface area contributed by atoms with Gasteiger partial charge in [-0.1, -0.05) is 23.7 Å². The molecule has 0 aliphatic carbocycles. The fourth-order valence-electron chi connectivity index (χ4n) is 1.08. The van der Waals surface area contributed by atoms with Gasteiger partial charge in [0.15, 0.2) is 6.10 Å². The van der Waals surface area contributed by atoms with E-state index >= 15 is 0 Å². The van der Waals surface area contributed by atoms with Crippen molar-refractivity contribution in [2.24, 2.45) is 11.5 Å². The second-order valence-electron chi connectivity index (χ2n) is 3.09. The molecule has 0 aliphatic rings. The van der Waals surface area contributed by atoms with E-state index < -0.39 is 12.0 Å². The highest BCUT2D eigenvalue weighted by Crippen LogP contribution is 2.29. The van der Waals surface area contributed by atoms with Gasteiger partial charge in [-0.15, -0.1) is 0 Å². The number of amides is 1. The molecule has 1 amide bonds. The maximum atomic E-state index is 10.8. The summed E-state index contributed by atoms with van der Waals surface area (Å²) in [7, 11) is 0. The van der Waals surface area contributed by atoms with Gasteiger partial charge in [-0.2, -0.15) is 0 Å². The van der Waals surface area contributed by atoms with Crippen molar-refractivity contribution in [1.29, 1.82) is 0 Å². The number of primary amides is 1. The number of nitrogens with two attached hydrogens (primary N) is 2. The Bertz CT molecular complexity index is 368. The van der Waals surface area contributed by atoms with Crippen molar-refractivity contribution in [3.63, 3.8) is 0 Å². The van der Waals surface area contributed by atoms with E-state index in [1.807, 2.05) is 0 Å². The molecule has 1 atom stereocenters. The highest BCUT2D eigenvalue weighted by molar-refractivity contribution is 6.32. The quantitative estimate of drug-likeness (QED) is 0.809. The Morgan fingerprint density at radius 1 is 1.60 bits per heavy atom. The largest absolute Gasteiger partial charge is 0.479 e.